The number of methoxy groups -OCH3 is 1. The standard InChI is InChI=1S/C22H22BrClN2O3/c1-27-20-12-17(14-25-9-10-28-22-7-2-3-8-26-22)19(23)13-21(20)29-15-16-5-4-6-18(24)11-16/h2-8,11-13,25H,9-10,14-15H2,1H3. The summed E-state index contributed by atoms with van der Waals surface area (Å²) < 4.78 is 18.0. The van der Waals surface area contributed by atoms with Gasteiger partial charge in [0.15, 0.2) is 11.5 Å². The fourth-order valence-corrected chi connectivity index (χ4v) is 3.33. The molecule has 0 spiro atoms. The third kappa shape index (κ3) is 6.63. The van der Waals surface area contributed by atoms with E-state index in [9.17, 15) is 0 Å². The first-order valence-corrected chi connectivity index (χ1v) is 10.3. The molecule has 3 aromatic rings. The Labute approximate surface area is 184 Å². The van der Waals surface area contributed by atoms with Crippen LogP contribution in [0.1, 0.15) is 11.1 Å². The van der Waals surface area contributed by atoms with E-state index in [2.05, 4.69) is 26.2 Å². The second-order valence-electron chi connectivity index (χ2n) is 6.21. The number of nitrogens with zero attached hydrogens (tertiary/aromatic N) is 1. The number of hydrogen-bond acceptors (Lipinski definition) is 5. The van der Waals surface area contributed by atoms with Gasteiger partial charge in [-0.05, 0) is 41.5 Å². The van der Waals surface area contributed by atoms with E-state index >= 15 is 0 Å². The van der Waals surface area contributed by atoms with E-state index in [1.807, 2.05) is 54.6 Å². The SMILES string of the molecule is COc1cc(CNCCOc2ccccn2)c(Br)cc1OCc1cccc(Cl)c1. The average molecular weight is 478 g/mol. The molecule has 0 fully saturated rings. The van der Waals surface area contributed by atoms with Crippen LogP contribution >= 0.6 is 27.5 Å². The molecule has 0 bridgehead atoms. The van der Waals surface area contributed by atoms with Gasteiger partial charge in [-0.25, -0.2) is 4.98 Å². The first-order valence-electron chi connectivity index (χ1n) is 9.14. The molecule has 3 rings (SSSR count). The van der Waals surface area contributed by atoms with Crippen molar-refractivity contribution in [3.8, 4) is 17.4 Å². The number of ether oxygens (including phenoxy) is 3. The minimum atomic E-state index is 0.409. The van der Waals surface area contributed by atoms with Crippen LogP contribution in [0.3, 0.4) is 0 Å². The highest BCUT2D eigenvalue weighted by atomic mass is 79.9. The molecule has 0 aliphatic carbocycles. The van der Waals surface area contributed by atoms with Gasteiger partial charge in [0.1, 0.15) is 13.2 Å². The highest BCUT2D eigenvalue weighted by molar-refractivity contribution is 9.10. The number of nitrogens with one attached hydrogen (secondary N) is 1. The third-order valence-corrected chi connectivity index (χ3v) is 5.07. The minimum absolute atomic E-state index is 0.409. The van der Waals surface area contributed by atoms with Gasteiger partial charge in [-0.15, -0.1) is 0 Å². The first-order chi connectivity index (χ1) is 14.2. The normalized spacial score (nSPS) is 10.6. The second kappa shape index (κ2) is 11.0. The van der Waals surface area contributed by atoms with Gasteiger partial charge in [0.2, 0.25) is 5.88 Å². The zero-order valence-corrected chi connectivity index (χ0v) is 18.4. The quantitative estimate of drug-likeness (QED) is 0.404. The van der Waals surface area contributed by atoms with E-state index in [0.29, 0.717) is 48.7 Å². The summed E-state index contributed by atoms with van der Waals surface area (Å²) in [6.07, 6.45) is 1.71. The van der Waals surface area contributed by atoms with Crippen molar-refractivity contribution >= 4 is 27.5 Å². The monoisotopic (exact) mass is 476 g/mol. The highest BCUT2D eigenvalue weighted by Gasteiger charge is 2.11. The van der Waals surface area contributed by atoms with E-state index in [1.165, 1.54) is 0 Å². The molecule has 152 valence electrons. The van der Waals surface area contributed by atoms with Crippen LogP contribution in [0.25, 0.3) is 0 Å². The molecule has 1 heterocycles. The molecule has 1 N–H and O–H groups in total. The van der Waals surface area contributed by atoms with Crippen LogP contribution in [0.2, 0.25) is 5.02 Å². The van der Waals surface area contributed by atoms with Gasteiger partial charge in [-0.3, -0.25) is 0 Å². The zero-order chi connectivity index (χ0) is 20.5. The number of aromatic nitrogens is 1. The van der Waals surface area contributed by atoms with Crippen LogP contribution in [-0.2, 0) is 13.2 Å². The smallest absolute Gasteiger partial charge is 0.213 e. The largest absolute Gasteiger partial charge is 0.493 e. The van der Waals surface area contributed by atoms with Crippen LogP contribution in [-0.4, -0.2) is 25.2 Å². The van der Waals surface area contributed by atoms with Gasteiger partial charge >= 0.3 is 0 Å². The van der Waals surface area contributed by atoms with Crippen molar-refractivity contribution in [2.24, 2.45) is 0 Å². The molecule has 0 saturated carbocycles. The fraction of sp³-hybridized carbons (Fsp3) is 0.227. The van der Waals surface area contributed by atoms with Crippen molar-refractivity contribution in [2.75, 3.05) is 20.3 Å². The Kier molecular flexibility index (Phi) is 8.16. The molecule has 2 aromatic carbocycles. The maximum Gasteiger partial charge on any atom is 0.213 e. The third-order valence-electron chi connectivity index (χ3n) is 4.10. The van der Waals surface area contributed by atoms with Gasteiger partial charge in [0.05, 0.1) is 7.11 Å². The Morgan fingerprint density at radius 2 is 1.93 bits per heavy atom. The van der Waals surface area contributed by atoms with Crippen molar-refractivity contribution in [3.63, 3.8) is 0 Å². The fourth-order valence-electron chi connectivity index (χ4n) is 2.66. The van der Waals surface area contributed by atoms with Crippen LogP contribution < -0.4 is 19.5 Å². The Morgan fingerprint density at radius 3 is 2.69 bits per heavy atom. The maximum absolute atomic E-state index is 6.03. The number of benzene rings is 2. The van der Waals surface area contributed by atoms with Gasteiger partial charge in [-0.2, -0.15) is 0 Å². The molecule has 0 aliphatic rings. The highest BCUT2D eigenvalue weighted by Crippen LogP contribution is 2.34. The summed E-state index contributed by atoms with van der Waals surface area (Å²) in [6.45, 7) is 2.30. The zero-order valence-electron chi connectivity index (χ0n) is 16.0. The molecule has 5 nitrogen and oxygen atoms in total. The van der Waals surface area contributed by atoms with Crippen molar-refractivity contribution in [2.45, 2.75) is 13.2 Å². The van der Waals surface area contributed by atoms with Gasteiger partial charge in [-0.1, -0.05) is 45.7 Å². The van der Waals surface area contributed by atoms with Crippen molar-refractivity contribution in [3.05, 3.63) is 81.4 Å². The molecule has 0 radical (unpaired) electrons. The molecular formula is C22H22BrClN2O3. The number of halogens is 2. The summed E-state index contributed by atoms with van der Waals surface area (Å²) in [4.78, 5) is 4.13. The molecule has 1 aromatic heterocycles. The van der Waals surface area contributed by atoms with E-state index in [0.717, 1.165) is 15.6 Å². The van der Waals surface area contributed by atoms with E-state index in [4.69, 9.17) is 25.8 Å². The van der Waals surface area contributed by atoms with Gasteiger partial charge in [0, 0.05) is 34.8 Å². The number of rotatable bonds is 10. The van der Waals surface area contributed by atoms with Crippen molar-refractivity contribution in [1.82, 2.24) is 10.3 Å². The lowest BCUT2D eigenvalue weighted by atomic mass is 10.2. The maximum atomic E-state index is 6.03. The van der Waals surface area contributed by atoms with E-state index in [1.54, 1.807) is 13.3 Å². The molecule has 7 heteroatoms. The Bertz CT molecular complexity index is 925. The summed E-state index contributed by atoms with van der Waals surface area (Å²) in [5.41, 5.74) is 2.06. The molecule has 0 amide bonds. The van der Waals surface area contributed by atoms with Crippen LogP contribution in [0.5, 0.6) is 17.4 Å². The average Bonchev–Trinajstić information content (AvgIpc) is 2.74. The summed E-state index contributed by atoms with van der Waals surface area (Å²) in [5.74, 6) is 1.97. The molecule has 0 unspecified atom stereocenters. The molecule has 29 heavy (non-hydrogen) atoms. The van der Waals surface area contributed by atoms with Gasteiger partial charge < -0.3 is 19.5 Å². The predicted molar refractivity (Wildman–Crippen MR) is 118 cm³/mol. The van der Waals surface area contributed by atoms with Crippen molar-refractivity contribution in [1.29, 1.82) is 0 Å². The van der Waals surface area contributed by atoms with Crippen molar-refractivity contribution < 1.29 is 14.2 Å². The van der Waals surface area contributed by atoms with E-state index in [-0.39, 0.29) is 0 Å². The van der Waals surface area contributed by atoms with E-state index < -0.39 is 0 Å². The van der Waals surface area contributed by atoms with Crippen LogP contribution in [0, 0.1) is 0 Å². The Hall–Kier alpha value is -2.28. The van der Waals surface area contributed by atoms with Gasteiger partial charge in [0.25, 0.3) is 0 Å². The molecule has 0 aliphatic heterocycles. The number of pyridine rings is 1. The lowest BCUT2D eigenvalue weighted by molar-refractivity contribution is 0.284. The molecular weight excluding hydrogens is 456 g/mol. The predicted octanol–water partition coefficient (Wildman–Crippen LogP) is 5.25. The summed E-state index contributed by atoms with van der Waals surface area (Å²) in [5, 5.41) is 4.04. The van der Waals surface area contributed by atoms with Crippen LogP contribution in [0.15, 0.2) is 65.3 Å². The molecule has 0 atom stereocenters. The minimum Gasteiger partial charge on any atom is -0.493 e. The Balaban J connectivity index is 1.53. The second-order valence-corrected chi connectivity index (χ2v) is 7.50. The summed E-state index contributed by atoms with van der Waals surface area (Å²) >= 11 is 9.65. The Morgan fingerprint density at radius 1 is 1.03 bits per heavy atom. The van der Waals surface area contributed by atoms with Crippen LogP contribution in [0.4, 0.5) is 0 Å². The summed E-state index contributed by atoms with van der Waals surface area (Å²) in [7, 11) is 1.63. The lowest BCUT2D eigenvalue weighted by Crippen LogP contribution is -2.21. The molecule has 0 saturated heterocycles. The number of hydrogen-bond donors (Lipinski definition) is 1. The topological polar surface area (TPSA) is 52.6 Å². The summed E-state index contributed by atoms with van der Waals surface area (Å²) in [6, 6.07) is 17.1. The lowest BCUT2D eigenvalue weighted by Gasteiger charge is -2.15. The first kappa shape index (κ1) is 21.4.